The van der Waals surface area contributed by atoms with Crippen LogP contribution in [0, 0.1) is 17.8 Å². The Morgan fingerprint density at radius 2 is 1.89 bits per heavy atom. The normalized spacial score (nSPS) is 41.2. The summed E-state index contributed by atoms with van der Waals surface area (Å²) in [6.45, 7) is 2.18. The number of halogens is 3. The lowest BCUT2D eigenvalue weighted by Crippen LogP contribution is -2.53. The topological polar surface area (TPSA) is 26.0 Å². The van der Waals surface area contributed by atoms with Gasteiger partial charge in [-0.2, -0.15) is 13.2 Å². The zero-order valence-electron chi connectivity index (χ0n) is 11.8. The molecule has 2 fully saturated rings. The summed E-state index contributed by atoms with van der Waals surface area (Å²) in [5, 5.41) is 0. The largest absolute Gasteiger partial charge is 0.391 e. The van der Waals surface area contributed by atoms with Crippen molar-refractivity contribution < 1.29 is 13.2 Å². The molecule has 2 aliphatic rings. The standard InChI is InChI=1S/C15H26F3N/c1-2-11-5-3-6-12(9-11)14(19)8-4-7-13(10-14)15(16,17)18/h11-13H,2-10,19H2,1H3. The number of hydrogen-bond donors (Lipinski definition) is 1. The van der Waals surface area contributed by atoms with Crippen molar-refractivity contribution >= 4 is 0 Å². The minimum absolute atomic E-state index is 0.150. The van der Waals surface area contributed by atoms with Crippen molar-refractivity contribution in [3.63, 3.8) is 0 Å². The first-order chi connectivity index (χ1) is 8.85. The van der Waals surface area contributed by atoms with Crippen LogP contribution in [-0.4, -0.2) is 11.7 Å². The summed E-state index contributed by atoms with van der Waals surface area (Å²) in [6.07, 6.45) is 3.33. The van der Waals surface area contributed by atoms with E-state index in [1.165, 1.54) is 6.42 Å². The molecule has 4 unspecified atom stereocenters. The van der Waals surface area contributed by atoms with Crippen molar-refractivity contribution in [3.8, 4) is 0 Å². The molecule has 112 valence electrons. The first-order valence-electron chi connectivity index (χ1n) is 7.70. The second-order valence-electron chi connectivity index (χ2n) is 6.71. The van der Waals surface area contributed by atoms with Crippen LogP contribution < -0.4 is 5.73 Å². The Balaban J connectivity index is 2.04. The zero-order valence-corrected chi connectivity index (χ0v) is 11.8. The summed E-state index contributed by atoms with van der Waals surface area (Å²) in [7, 11) is 0. The van der Waals surface area contributed by atoms with E-state index in [4.69, 9.17) is 5.73 Å². The molecule has 0 radical (unpaired) electrons. The molecule has 1 nitrogen and oxygen atoms in total. The van der Waals surface area contributed by atoms with Crippen LogP contribution in [0.1, 0.15) is 64.7 Å². The lowest BCUT2D eigenvalue weighted by Gasteiger charge is -2.46. The van der Waals surface area contributed by atoms with Gasteiger partial charge in [0.15, 0.2) is 0 Å². The summed E-state index contributed by atoms with van der Waals surface area (Å²) >= 11 is 0. The molecule has 0 bridgehead atoms. The first kappa shape index (κ1) is 15.1. The molecular formula is C15H26F3N. The van der Waals surface area contributed by atoms with Crippen LogP contribution >= 0.6 is 0 Å². The maximum atomic E-state index is 12.9. The van der Waals surface area contributed by atoms with Crippen LogP contribution in [-0.2, 0) is 0 Å². The molecular weight excluding hydrogens is 251 g/mol. The van der Waals surface area contributed by atoms with Gasteiger partial charge in [-0.25, -0.2) is 0 Å². The Kier molecular flexibility index (Phi) is 4.49. The molecule has 0 aromatic carbocycles. The summed E-state index contributed by atoms with van der Waals surface area (Å²) in [5.74, 6) is -0.199. The van der Waals surface area contributed by atoms with Gasteiger partial charge < -0.3 is 5.73 Å². The summed E-state index contributed by atoms with van der Waals surface area (Å²) in [4.78, 5) is 0. The van der Waals surface area contributed by atoms with E-state index in [0.29, 0.717) is 18.3 Å². The predicted octanol–water partition coefficient (Wildman–Crippen LogP) is 4.65. The summed E-state index contributed by atoms with van der Waals surface area (Å²) < 4.78 is 38.8. The molecule has 2 N–H and O–H groups in total. The number of nitrogens with two attached hydrogens (primary N) is 1. The monoisotopic (exact) mass is 277 g/mol. The minimum Gasteiger partial charge on any atom is -0.325 e. The average Bonchev–Trinajstić information content (AvgIpc) is 2.38. The van der Waals surface area contributed by atoms with E-state index in [2.05, 4.69) is 6.92 Å². The predicted molar refractivity (Wildman–Crippen MR) is 70.7 cm³/mol. The molecule has 19 heavy (non-hydrogen) atoms. The van der Waals surface area contributed by atoms with Gasteiger partial charge in [-0.3, -0.25) is 0 Å². The molecule has 0 spiro atoms. The maximum absolute atomic E-state index is 12.9. The lowest BCUT2D eigenvalue weighted by molar-refractivity contribution is -0.189. The van der Waals surface area contributed by atoms with Crippen LogP contribution in [0.4, 0.5) is 13.2 Å². The summed E-state index contributed by atoms with van der Waals surface area (Å²) in [6, 6.07) is 0. The van der Waals surface area contributed by atoms with Crippen molar-refractivity contribution in [1.29, 1.82) is 0 Å². The van der Waals surface area contributed by atoms with E-state index >= 15 is 0 Å². The Morgan fingerprint density at radius 3 is 2.53 bits per heavy atom. The van der Waals surface area contributed by atoms with E-state index in [1.807, 2.05) is 0 Å². The molecule has 2 aliphatic carbocycles. The van der Waals surface area contributed by atoms with Crippen molar-refractivity contribution in [2.24, 2.45) is 23.5 Å². The molecule has 0 saturated heterocycles. The molecule has 2 rings (SSSR count). The fourth-order valence-corrected chi connectivity index (χ4v) is 4.17. The van der Waals surface area contributed by atoms with Crippen molar-refractivity contribution in [2.45, 2.75) is 76.4 Å². The highest BCUT2D eigenvalue weighted by atomic mass is 19.4. The highest BCUT2D eigenvalue weighted by Gasteiger charge is 2.49. The van der Waals surface area contributed by atoms with Crippen LogP contribution in [0.15, 0.2) is 0 Å². The van der Waals surface area contributed by atoms with E-state index in [1.54, 1.807) is 0 Å². The van der Waals surface area contributed by atoms with Gasteiger partial charge >= 0.3 is 6.18 Å². The molecule has 0 aromatic rings. The fraction of sp³-hybridized carbons (Fsp3) is 1.00. The average molecular weight is 277 g/mol. The summed E-state index contributed by atoms with van der Waals surface area (Å²) in [5.41, 5.74) is 5.87. The van der Waals surface area contributed by atoms with Gasteiger partial charge in [0.1, 0.15) is 0 Å². The maximum Gasteiger partial charge on any atom is 0.391 e. The second kappa shape index (κ2) is 5.63. The molecule has 2 saturated carbocycles. The molecule has 0 aromatic heterocycles. The number of rotatable bonds is 2. The Morgan fingerprint density at radius 1 is 1.16 bits per heavy atom. The SMILES string of the molecule is CCC1CCCC(C2(N)CCCC(C(F)(F)F)C2)C1. The van der Waals surface area contributed by atoms with Crippen molar-refractivity contribution in [3.05, 3.63) is 0 Å². The third kappa shape index (κ3) is 3.45. The second-order valence-corrected chi connectivity index (χ2v) is 6.71. The molecule has 0 aliphatic heterocycles. The van der Waals surface area contributed by atoms with Gasteiger partial charge in [-0.05, 0) is 43.9 Å². The Labute approximate surface area is 114 Å². The van der Waals surface area contributed by atoms with Gasteiger partial charge in [0.05, 0.1) is 5.92 Å². The zero-order chi connectivity index (χ0) is 14.1. The molecule has 0 heterocycles. The third-order valence-corrected chi connectivity index (χ3v) is 5.46. The van der Waals surface area contributed by atoms with Gasteiger partial charge in [0, 0.05) is 5.54 Å². The van der Waals surface area contributed by atoms with E-state index < -0.39 is 17.6 Å². The van der Waals surface area contributed by atoms with E-state index in [9.17, 15) is 13.2 Å². The van der Waals surface area contributed by atoms with E-state index in [-0.39, 0.29) is 12.8 Å². The van der Waals surface area contributed by atoms with Gasteiger partial charge in [-0.15, -0.1) is 0 Å². The molecule has 4 heteroatoms. The third-order valence-electron chi connectivity index (χ3n) is 5.46. The number of alkyl halides is 3. The highest BCUT2D eigenvalue weighted by Crippen LogP contribution is 2.47. The van der Waals surface area contributed by atoms with Crippen LogP contribution in [0.3, 0.4) is 0 Å². The number of hydrogen-bond acceptors (Lipinski definition) is 1. The van der Waals surface area contributed by atoms with Crippen LogP contribution in [0.5, 0.6) is 0 Å². The van der Waals surface area contributed by atoms with Crippen molar-refractivity contribution in [2.75, 3.05) is 0 Å². The Bertz CT molecular complexity index is 302. The smallest absolute Gasteiger partial charge is 0.325 e. The van der Waals surface area contributed by atoms with E-state index in [0.717, 1.165) is 32.1 Å². The lowest BCUT2D eigenvalue weighted by atomic mass is 9.63. The van der Waals surface area contributed by atoms with Gasteiger partial charge in [-0.1, -0.05) is 32.6 Å². The molecule has 0 amide bonds. The van der Waals surface area contributed by atoms with Crippen LogP contribution in [0.2, 0.25) is 0 Å². The van der Waals surface area contributed by atoms with Gasteiger partial charge in [0.2, 0.25) is 0 Å². The van der Waals surface area contributed by atoms with Crippen molar-refractivity contribution in [1.82, 2.24) is 0 Å². The Hall–Kier alpha value is -0.250. The fourth-order valence-electron chi connectivity index (χ4n) is 4.17. The van der Waals surface area contributed by atoms with Crippen LogP contribution in [0.25, 0.3) is 0 Å². The first-order valence-corrected chi connectivity index (χ1v) is 7.70. The minimum atomic E-state index is -4.07. The molecule has 4 atom stereocenters. The van der Waals surface area contributed by atoms with Gasteiger partial charge in [0.25, 0.3) is 0 Å². The highest BCUT2D eigenvalue weighted by molar-refractivity contribution is 4.99. The quantitative estimate of drug-likeness (QED) is 0.781.